The summed E-state index contributed by atoms with van der Waals surface area (Å²) in [5.41, 5.74) is 1.26. The molecule has 0 fully saturated rings. The van der Waals surface area contributed by atoms with E-state index in [0.29, 0.717) is 17.6 Å². The number of thioether (sulfide) groups is 1. The third kappa shape index (κ3) is 2.99. The topological polar surface area (TPSA) is 43.9 Å². The largest absolute Gasteiger partial charge is 0.461 e. The first-order valence-corrected chi connectivity index (χ1v) is 7.97. The van der Waals surface area contributed by atoms with Gasteiger partial charge < -0.3 is 4.42 Å². The minimum Gasteiger partial charge on any atom is -0.461 e. The Balaban J connectivity index is 1.89. The predicted molar refractivity (Wildman–Crippen MR) is 88.6 cm³/mol. The zero-order valence-corrected chi connectivity index (χ0v) is 13.2. The van der Waals surface area contributed by atoms with Crippen molar-refractivity contribution in [2.45, 2.75) is 23.9 Å². The summed E-state index contributed by atoms with van der Waals surface area (Å²) in [6, 6.07) is 14.1. The molecule has 0 aliphatic rings. The summed E-state index contributed by atoms with van der Waals surface area (Å²) < 4.78 is 7.47. The molecule has 1 aromatic carbocycles. The van der Waals surface area contributed by atoms with Crippen LogP contribution in [-0.2, 0) is 6.54 Å². The van der Waals surface area contributed by atoms with Gasteiger partial charge in [-0.15, -0.1) is 16.8 Å². The van der Waals surface area contributed by atoms with E-state index in [1.807, 2.05) is 28.8 Å². The second kappa shape index (κ2) is 6.66. The van der Waals surface area contributed by atoms with Crippen molar-refractivity contribution in [2.75, 3.05) is 0 Å². The van der Waals surface area contributed by atoms with Crippen molar-refractivity contribution in [3.63, 3.8) is 0 Å². The number of allylic oxidation sites excluding steroid dienone is 1. The predicted octanol–water partition coefficient (Wildman–Crippen LogP) is 4.58. The van der Waals surface area contributed by atoms with Gasteiger partial charge in [0.2, 0.25) is 5.82 Å². The molecule has 2 aromatic heterocycles. The summed E-state index contributed by atoms with van der Waals surface area (Å²) in [7, 11) is 0. The van der Waals surface area contributed by atoms with E-state index in [9.17, 15) is 0 Å². The van der Waals surface area contributed by atoms with Gasteiger partial charge in [0, 0.05) is 11.8 Å². The average molecular weight is 311 g/mol. The quantitative estimate of drug-likeness (QED) is 0.494. The first-order chi connectivity index (χ1) is 10.8. The minimum absolute atomic E-state index is 0.290. The lowest BCUT2D eigenvalue weighted by Gasteiger charge is -2.12. The van der Waals surface area contributed by atoms with Crippen LogP contribution in [0.3, 0.4) is 0 Å². The summed E-state index contributed by atoms with van der Waals surface area (Å²) in [5, 5.41) is 9.75. The molecule has 1 unspecified atom stereocenters. The maximum absolute atomic E-state index is 5.44. The lowest BCUT2D eigenvalue weighted by atomic mass is 10.2. The van der Waals surface area contributed by atoms with Crippen LogP contribution in [0, 0.1) is 0 Å². The van der Waals surface area contributed by atoms with Gasteiger partial charge in [-0.2, -0.15) is 0 Å². The normalized spacial score (nSPS) is 12.2. The summed E-state index contributed by atoms with van der Waals surface area (Å²) in [6.07, 6.45) is 3.48. The summed E-state index contributed by atoms with van der Waals surface area (Å²) >= 11 is 1.68. The van der Waals surface area contributed by atoms with E-state index in [1.165, 1.54) is 5.56 Å². The molecule has 5 heteroatoms. The number of benzene rings is 1. The van der Waals surface area contributed by atoms with E-state index < -0.39 is 0 Å². The fraction of sp³-hybridized carbons (Fsp3) is 0.176. The fourth-order valence-electron chi connectivity index (χ4n) is 2.21. The van der Waals surface area contributed by atoms with E-state index in [2.05, 4.69) is 48.0 Å². The van der Waals surface area contributed by atoms with E-state index in [1.54, 1.807) is 18.0 Å². The first kappa shape index (κ1) is 14.7. The zero-order valence-electron chi connectivity index (χ0n) is 12.3. The first-order valence-electron chi connectivity index (χ1n) is 7.09. The molecule has 0 spiro atoms. The molecule has 0 aliphatic carbocycles. The van der Waals surface area contributed by atoms with Gasteiger partial charge in [-0.25, -0.2) is 0 Å². The Kier molecular flexibility index (Phi) is 4.44. The molecule has 0 radical (unpaired) electrons. The van der Waals surface area contributed by atoms with Crippen LogP contribution in [0.4, 0.5) is 0 Å². The van der Waals surface area contributed by atoms with Gasteiger partial charge in [0.05, 0.1) is 6.26 Å². The third-order valence-corrected chi connectivity index (χ3v) is 4.46. The summed E-state index contributed by atoms with van der Waals surface area (Å²) in [4.78, 5) is 0. The summed E-state index contributed by atoms with van der Waals surface area (Å²) in [5.74, 6) is 1.45. The Bertz CT molecular complexity index is 735. The van der Waals surface area contributed by atoms with Crippen molar-refractivity contribution in [2.24, 2.45) is 0 Å². The van der Waals surface area contributed by atoms with Crippen molar-refractivity contribution in [1.29, 1.82) is 0 Å². The Morgan fingerprint density at radius 3 is 2.73 bits per heavy atom. The van der Waals surface area contributed by atoms with Gasteiger partial charge in [-0.3, -0.25) is 4.57 Å². The van der Waals surface area contributed by atoms with E-state index >= 15 is 0 Å². The van der Waals surface area contributed by atoms with Crippen LogP contribution in [0.25, 0.3) is 11.6 Å². The van der Waals surface area contributed by atoms with Gasteiger partial charge in [-0.05, 0) is 24.6 Å². The minimum atomic E-state index is 0.290. The monoisotopic (exact) mass is 311 g/mol. The number of nitrogens with zero attached hydrogens (tertiary/aromatic N) is 3. The molecular formula is C17H17N3OS. The standard InChI is InChI=1S/C17H17N3OS/c1-3-11-20-16(15-10-7-12-21-15)18-19-17(20)22-13(2)14-8-5-4-6-9-14/h3-10,12-13H,1,11H2,2H3. The highest BCUT2D eigenvalue weighted by atomic mass is 32.2. The smallest absolute Gasteiger partial charge is 0.200 e. The second-order valence-electron chi connectivity index (χ2n) is 4.85. The maximum Gasteiger partial charge on any atom is 0.200 e. The third-order valence-electron chi connectivity index (χ3n) is 3.32. The SMILES string of the molecule is C=CCn1c(SC(C)c2ccccc2)nnc1-c1ccco1. The molecule has 2 heterocycles. The highest BCUT2D eigenvalue weighted by molar-refractivity contribution is 7.99. The molecule has 0 aliphatic heterocycles. The molecular weight excluding hydrogens is 294 g/mol. The molecule has 4 nitrogen and oxygen atoms in total. The Hall–Kier alpha value is -2.27. The Morgan fingerprint density at radius 1 is 1.23 bits per heavy atom. The Labute approximate surface area is 133 Å². The van der Waals surface area contributed by atoms with E-state index in [4.69, 9.17) is 4.42 Å². The fourth-order valence-corrected chi connectivity index (χ4v) is 3.19. The highest BCUT2D eigenvalue weighted by Gasteiger charge is 2.18. The van der Waals surface area contributed by atoms with Crippen LogP contribution >= 0.6 is 11.8 Å². The molecule has 22 heavy (non-hydrogen) atoms. The van der Waals surface area contributed by atoms with Crippen molar-refractivity contribution in [3.8, 4) is 11.6 Å². The number of aromatic nitrogens is 3. The van der Waals surface area contributed by atoms with Gasteiger partial charge in [0.1, 0.15) is 0 Å². The molecule has 0 saturated heterocycles. The molecule has 1 atom stereocenters. The van der Waals surface area contributed by atoms with Crippen LogP contribution < -0.4 is 0 Å². The number of hydrogen-bond acceptors (Lipinski definition) is 4. The molecule has 0 amide bonds. The molecule has 3 rings (SSSR count). The summed E-state index contributed by atoms with van der Waals surface area (Å²) in [6.45, 7) is 6.63. The lowest BCUT2D eigenvalue weighted by molar-refractivity contribution is 0.569. The van der Waals surface area contributed by atoms with Crippen LogP contribution in [-0.4, -0.2) is 14.8 Å². The zero-order chi connectivity index (χ0) is 15.4. The van der Waals surface area contributed by atoms with Crippen LogP contribution in [0.1, 0.15) is 17.7 Å². The maximum atomic E-state index is 5.44. The second-order valence-corrected chi connectivity index (χ2v) is 6.16. The van der Waals surface area contributed by atoms with Gasteiger partial charge in [-0.1, -0.05) is 48.2 Å². The molecule has 0 N–H and O–H groups in total. The van der Waals surface area contributed by atoms with Crippen molar-refractivity contribution in [3.05, 3.63) is 66.9 Å². The van der Waals surface area contributed by atoms with Crippen molar-refractivity contribution >= 4 is 11.8 Å². The number of rotatable bonds is 6. The van der Waals surface area contributed by atoms with E-state index in [0.717, 1.165) is 11.0 Å². The van der Waals surface area contributed by atoms with Gasteiger partial charge in [0.15, 0.2) is 10.9 Å². The van der Waals surface area contributed by atoms with Crippen LogP contribution in [0.15, 0.2) is 71.0 Å². The highest BCUT2D eigenvalue weighted by Crippen LogP contribution is 2.35. The molecule has 3 aromatic rings. The van der Waals surface area contributed by atoms with Crippen LogP contribution in [0.2, 0.25) is 0 Å². The van der Waals surface area contributed by atoms with Crippen molar-refractivity contribution < 1.29 is 4.42 Å². The number of hydrogen-bond donors (Lipinski definition) is 0. The molecule has 0 bridgehead atoms. The molecule has 112 valence electrons. The number of furan rings is 1. The Morgan fingerprint density at radius 2 is 2.05 bits per heavy atom. The average Bonchev–Trinajstić information content (AvgIpc) is 3.19. The lowest BCUT2D eigenvalue weighted by Crippen LogP contribution is -2.01. The van der Waals surface area contributed by atoms with Gasteiger partial charge in [0.25, 0.3) is 0 Å². The van der Waals surface area contributed by atoms with Crippen molar-refractivity contribution in [1.82, 2.24) is 14.8 Å². The van der Waals surface area contributed by atoms with Crippen LogP contribution in [0.5, 0.6) is 0 Å². The molecule has 0 saturated carbocycles. The van der Waals surface area contributed by atoms with E-state index in [-0.39, 0.29) is 0 Å². The van der Waals surface area contributed by atoms with Gasteiger partial charge >= 0.3 is 0 Å².